The number of nitrogens with zero attached hydrogens (tertiary/aromatic N) is 4. The fourth-order valence-electron chi connectivity index (χ4n) is 4.11. The number of nitrogens with one attached hydrogen (secondary N) is 1. The Hall–Kier alpha value is -3.10. The van der Waals surface area contributed by atoms with Crippen molar-refractivity contribution < 1.29 is 9.59 Å². The summed E-state index contributed by atoms with van der Waals surface area (Å²) in [7, 11) is 0. The summed E-state index contributed by atoms with van der Waals surface area (Å²) in [6.07, 6.45) is 0.783. The third-order valence-electron chi connectivity index (χ3n) is 6.08. The van der Waals surface area contributed by atoms with Crippen molar-refractivity contribution in [3.8, 4) is 0 Å². The molecule has 0 spiro atoms. The van der Waals surface area contributed by atoms with Gasteiger partial charge in [-0.25, -0.2) is 9.97 Å². The van der Waals surface area contributed by atoms with Crippen molar-refractivity contribution >= 4 is 41.0 Å². The van der Waals surface area contributed by atoms with Gasteiger partial charge in [0.1, 0.15) is 11.0 Å². The molecule has 188 valence electrons. The van der Waals surface area contributed by atoms with Gasteiger partial charge >= 0.3 is 0 Å². The van der Waals surface area contributed by atoms with Gasteiger partial charge in [-0.15, -0.1) is 0 Å². The van der Waals surface area contributed by atoms with Crippen molar-refractivity contribution in [3.63, 3.8) is 0 Å². The van der Waals surface area contributed by atoms with Crippen LogP contribution in [0, 0.1) is 6.92 Å². The van der Waals surface area contributed by atoms with Gasteiger partial charge in [0, 0.05) is 43.9 Å². The normalized spacial score (nSPS) is 15.6. The Morgan fingerprint density at radius 1 is 1.08 bits per heavy atom. The summed E-state index contributed by atoms with van der Waals surface area (Å²) in [5, 5.41) is 3.73. The highest BCUT2D eigenvalue weighted by Crippen LogP contribution is 2.24. The van der Waals surface area contributed by atoms with Crippen LogP contribution < -0.4 is 10.2 Å². The Labute approximate surface area is 221 Å². The number of rotatable bonds is 8. The molecule has 7 nitrogen and oxygen atoms in total. The molecule has 2 aromatic carbocycles. The van der Waals surface area contributed by atoms with Crippen molar-refractivity contribution in [2.75, 3.05) is 36.8 Å². The fourth-order valence-corrected chi connectivity index (χ4v) is 5.02. The Morgan fingerprint density at radius 3 is 2.56 bits per heavy atom. The lowest BCUT2D eigenvalue weighted by Crippen LogP contribution is -2.54. The van der Waals surface area contributed by atoms with E-state index in [1.54, 1.807) is 6.07 Å². The van der Waals surface area contributed by atoms with Gasteiger partial charge in [0.15, 0.2) is 5.16 Å². The second-order valence-electron chi connectivity index (χ2n) is 8.87. The van der Waals surface area contributed by atoms with E-state index < -0.39 is 0 Å². The minimum Gasteiger partial charge on any atom is -0.355 e. The molecule has 0 bridgehead atoms. The molecule has 1 aliphatic rings. The van der Waals surface area contributed by atoms with Gasteiger partial charge in [-0.3, -0.25) is 9.59 Å². The number of halogens is 1. The van der Waals surface area contributed by atoms with E-state index in [0.29, 0.717) is 47.9 Å². The molecule has 1 N–H and O–H groups in total. The Kier molecular flexibility index (Phi) is 8.83. The molecule has 0 aliphatic carbocycles. The summed E-state index contributed by atoms with van der Waals surface area (Å²) in [4.78, 5) is 38.2. The maximum absolute atomic E-state index is 13.0. The third kappa shape index (κ3) is 6.98. The lowest BCUT2D eigenvalue weighted by Gasteiger charge is -2.40. The maximum Gasteiger partial charge on any atom is 0.254 e. The molecule has 1 atom stereocenters. The third-order valence-corrected chi connectivity index (χ3v) is 7.12. The fraction of sp³-hybridized carbons (Fsp3) is 0.333. The first kappa shape index (κ1) is 26.0. The van der Waals surface area contributed by atoms with Gasteiger partial charge in [-0.2, -0.15) is 0 Å². The predicted octanol–water partition coefficient (Wildman–Crippen LogP) is 4.24. The van der Waals surface area contributed by atoms with Crippen LogP contribution in [0.4, 0.5) is 5.82 Å². The van der Waals surface area contributed by atoms with Crippen LogP contribution in [0.15, 0.2) is 65.8 Å². The molecule has 1 unspecified atom stereocenters. The summed E-state index contributed by atoms with van der Waals surface area (Å²) >= 11 is 7.55. The van der Waals surface area contributed by atoms with E-state index in [-0.39, 0.29) is 23.6 Å². The number of amides is 2. The minimum absolute atomic E-state index is 0.00721. The topological polar surface area (TPSA) is 78.4 Å². The average Bonchev–Trinajstić information content (AvgIpc) is 2.88. The predicted molar refractivity (Wildman–Crippen MR) is 145 cm³/mol. The van der Waals surface area contributed by atoms with Crippen LogP contribution in [0.3, 0.4) is 0 Å². The highest BCUT2D eigenvalue weighted by atomic mass is 35.5. The number of piperazine rings is 1. The van der Waals surface area contributed by atoms with Gasteiger partial charge in [-0.05, 0) is 38.0 Å². The number of anilines is 1. The van der Waals surface area contributed by atoms with Crippen molar-refractivity contribution in [2.45, 2.75) is 31.5 Å². The zero-order chi connectivity index (χ0) is 25.5. The van der Waals surface area contributed by atoms with Crippen molar-refractivity contribution in [1.29, 1.82) is 0 Å². The lowest BCUT2D eigenvalue weighted by molar-refractivity contribution is -0.118. The molecule has 0 radical (unpaired) electrons. The van der Waals surface area contributed by atoms with Crippen LogP contribution in [0.1, 0.15) is 28.4 Å². The van der Waals surface area contributed by atoms with E-state index in [4.69, 9.17) is 11.6 Å². The minimum atomic E-state index is -0.0714. The summed E-state index contributed by atoms with van der Waals surface area (Å²) < 4.78 is 0. The molecule has 0 saturated carbocycles. The Bertz CT molecular complexity index is 1190. The van der Waals surface area contributed by atoms with Gasteiger partial charge in [0.2, 0.25) is 5.91 Å². The molecule has 3 aromatic rings. The lowest BCUT2D eigenvalue weighted by atomic mass is 10.1. The smallest absolute Gasteiger partial charge is 0.254 e. The number of hydrogen-bond donors (Lipinski definition) is 1. The molecule has 36 heavy (non-hydrogen) atoms. The molecular formula is C27H30ClN5O2S. The monoisotopic (exact) mass is 523 g/mol. The van der Waals surface area contributed by atoms with Crippen LogP contribution >= 0.6 is 23.4 Å². The number of aryl methyl sites for hydroxylation is 1. The van der Waals surface area contributed by atoms with E-state index in [0.717, 1.165) is 12.0 Å². The second-order valence-corrected chi connectivity index (χ2v) is 10.2. The van der Waals surface area contributed by atoms with E-state index in [2.05, 4.69) is 20.2 Å². The number of hydrogen-bond acceptors (Lipinski definition) is 6. The first-order chi connectivity index (χ1) is 17.4. The van der Waals surface area contributed by atoms with Gasteiger partial charge in [0.05, 0.1) is 5.75 Å². The molecule has 2 heterocycles. The van der Waals surface area contributed by atoms with E-state index in [9.17, 15) is 9.59 Å². The summed E-state index contributed by atoms with van der Waals surface area (Å²) in [6, 6.07) is 19.5. The largest absolute Gasteiger partial charge is 0.355 e. The van der Waals surface area contributed by atoms with Crippen LogP contribution in [-0.4, -0.2) is 64.7 Å². The maximum atomic E-state index is 13.0. The van der Waals surface area contributed by atoms with Crippen LogP contribution in [0.25, 0.3) is 0 Å². The van der Waals surface area contributed by atoms with Crippen LogP contribution in [-0.2, 0) is 11.2 Å². The highest BCUT2D eigenvalue weighted by Gasteiger charge is 2.29. The number of aromatic nitrogens is 2. The highest BCUT2D eigenvalue weighted by molar-refractivity contribution is 7.99. The van der Waals surface area contributed by atoms with Crippen molar-refractivity contribution in [2.24, 2.45) is 0 Å². The summed E-state index contributed by atoms with van der Waals surface area (Å²) in [6.45, 7) is 6.48. The molecule has 1 aliphatic heterocycles. The molecule has 1 aromatic heterocycles. The number of carbonyl (C=O) groups excluding carboxylic acids is 2. The number of carbonyl (C=O) groups is 2. The Balaban J connectivity index is 1.30. The van der Waals surface area contributed by atoms with Crippen LogP contribution in [0.5, 0.6) is 0 Å². The molecule has 1 fully saturated rings. The first-order valence-corrected chi connectivity index (χ1v) is 13.4. The SMILES string of the molecule is Cc1ccc(C(=O)N2CCN(c3cc(Cl)nc(SCC(=O)NCCc4ccccc4)n3)CC2C)cc1. The van der Waals surface area contributed by atoms with Crippen molar-refractivity contribution in [3.05, 3.63) is 82.5 Å². The van der Waals surface area contributed by atoms with Gasteiger partial charge in [0.25, 0.3) is 5.91 Å². The van der Waals surface area contributed by atoms with E-state index in [1.165, 1.54) is 17.3 Å². The molecular weight excluding hydrogens is 494 g/mol. The van der Waals surface area contributed by atoms with Gasteiger partial charge < -0.3 is 15.1 Å². The Morgan fingerprint density at radius 2 is 1.83 bits per heavy atom. The average molecular weight is 524 g/mol. The number of benzene rings is 2. The van der Waals surface area contributed by atoms with Crippen molar-refractivity contribution in [1.82, 2.24) is 20.2 Å². The van der Waals surface area contributed by atoms with Crippen LogP contribution in [0.2, 0.25) is 5.15 Å². The van der Waals surface area contributed by atoms with E-state index in [1.807, 2.05) is 73.3 Å². The molecule has 1 saturated heterocycles. The quantitative estimate of drug-likeness (QED) is 0.270. The first-order valence-electron chi connectivity index (χ1n) is 12.0. The zero-order valence-corrected chi connectivity index (χ0v) is 22.1. The molecule has 2 amide bonds. The molecule has 4 rings (SSSR count). The zero-order valence-electron chi connectivity index (χ0n) is 20.5. The summed E-state index contributed by atoms with van der Waals surface area (Å²) in [5.74, 6) is 0.885. The second kappa shape index (κ2) is 12.2. The van der Waals surface area contributed by atoms with Gasteiger partial charge in [-0.1, -0.05) is 71.4 Å². The summed E-state index contributed by atoms with van der Waals surface area (Å²) in [5.41, 5.74) is 3.01. The standard InChI is InChI=1S/C27H30ClN5O2S/c1-19-8-10-22(11-9-19)26(35)33-15-14-32(17-20(33)2)24-16-23(28)30-27(31-24)36-18-25(34)29-13-12-21-6-4-3-5-7-21/h3-11,16,20H,12-15,17-18H2,1-2H3,(H,29,34). The molecule has 9 heteroatoms. The number of thioether (sulfide) groups is 1. The van der Waals surface area contributed by atoms with E-state index >= 15 is 0 Å².